The number of carbonyl (C=O) groups excluding carboxylic acids is 1. The Morgan fingerprint density at radius 1 is 1.14 bits per heavy atom. The second kappa shape index (κ2) is 9.46. The molecule has 0 saturated heterocycles. The van der Waals surface area contributed by atoms with Crippen LogP contribution in [0.3, 0.4) is 0 Å². The van der Waals surface area contributed by atoms with Crippen molar-refractivity contribution in [3.63, 3.8) is 0 Å². The van der Waals surface area contributed by atoms with E-state index in [1.54, 1.807) is 6.20 Å². The summed E-state index contributed by atoms with van der Waals surface area (Å²) >= 11 is 0. The highest BCUT2D eigenvalue weighted by Gasteiger charge is 2.27. The molecule has 2 saturated carbocycles. The van der Waals surface area contributed by atoms with E-state index in [9.17, 15) is 4.79 Å². The number of hydrogen-bond donors (Lipinski definition) is 2. The first-order valence-electron chi connectivity index (χ1n) is 12.5. The van der Waals surface area contributed by atoms with Crippen molar-refractivity contribution in [2.75, 3.05) is 5.32 Å². The molecule has 2 N–H and O–H groups in total. The summed E-state index contributed by atoms with van der Waals surface area (Å²) in [5, 5.41) is 6.98. The number of nitrogens with one attached hydrogen (secondary N) is 2. The van der Waals surface area contributed by atoms with Crippen LogP contribution in [0.2, 0.25) is 0 Å². The number of oxazole rings is 1. The number of anilines is 1. The topological polar surface area (TPSA) is 81.3 Å². The smallest absolute Gasteiger partial charge is 0.319 e. The van der Waals surface area contributed by atoms with E-state index in [0.29, 0.717) is 18.0 Å². The van der Waals surface area contributed by atoms with Crippen LogP contribution >= 0.6 is 0 Å². The van der Waals surface area contributed by atoms with E-state index in [2.05, 4.69) is 32.2 Å². The maximum absolute atomic E-state index is 12.3. The number of amides is 2. The van der Waals surface area contributed by atoms with E-state index in [0.717, 1.165) is 64.8 Å². The first-order chi connectivity index (χ1) is 17.7. The highest BCUT2D eigenvalue weighted by Crippen LogP contribution is 2.43. The summed E-state index contributed by atoms with van der Waals surface area (Å²) in [4.78, 5) is 16.4. The van der Waals surface area contributed by atoms with Crippen LogP contribution in [0.15, 0.2) is 59.3 Å². The van der Waals surface area contributed by atoms with Gasteiger partial charge in [0, 0.05) is 29.2 Å². The number of carbonyl (C=O) groups is 1. The lowest BCUT2D eigenvalue weighted by Crippen LogP contribution is -2.41. The van der Waals surface area contributed by atoms with E-state index >= 15 is 0 Å². The average Bonchev–Trinajstić information content (AvgIpc) is 3.46. The summed E-state index contributed by atoms with van der Waals surface area (Å²) < 4.78 is 13.6. The molecule has 2 fully saturated rings. The van der Waals surface area contributed by atoms with Crippen LogP contribution in [-0.4, -0.2) is 21.6 Å². The van der Waals surface area contributed by atoms with Gasteiger partial charge in [-0.2, -0.15) is 0 Å². The molecule has 2 aromatic heterocycles. The molecule has 0 spiro atoms. The first kappa shape index (κ1) is 22.3. The second-order valence-corrected chi connectivity index (χ2v) is 9.52. The molecule has 2 aromatic carbocycles. The molecule has 2 heterocycles. The van der Waals surface area contributed by atoms with Crippen molar-refractivity contribution >= 4 is 22.6 Å². The highest BCUT2D eigenvalue weighted by atomic mass is 16.5. The Hall–Kier alpha value is -4.18. The molecule has 182 valence electrons. The third-order valence-electron chi connectivity index (χ3n) is 7.26. The minimum Gasteiger partial charge on any atom is -0.484 e. The lowest BCUT2D eigenvalue weighted by atomic mass is 9.92. The molecule has 7 nitrogen and oxygen atoms in total. The minimum atomic E-state index is -0.155. The SMILES string of the molecule is C#Cc1c(-c2ccc(NC(=O)NC3CCC3)cc2)n(C2CCC2)c2cc(OCc3ncco3)ccc12. The molecule has 2 aliphatic carbocycles. The van der Waals surface area contributed by atoms with Gasteiger partial charge < -0.3 is 24.4 Å². The van der Waals surface area contributed by atoms with Crippen molar-refractivity contribution in [2.45, 2.75) is 57.2 Å². The predicted molar refractivity (Wildman–Crippen MR) is 139 cm³/mol. The zero-order chi connectivity index (χ0) is 24.5. The van der Waals surface area contributed by atoms with Gasteiger partial charge in [0.15, 0.2) is 6.61 Å². The Labute approximate surface area is 209 Å². The quantitative estimate of drug-likeness (QED) is 0.306. The molecule has 2 aliphatic rings. The number of urea groups is 1. The third-order valence-corrected chi connectivity index (χ3v) is 7.26. The van der Waals surface area contributed by atoms with Gasteiger partial charge in [-0.3, -0.25) is 0 Å². The van der Waals surface area contributed by atoms with Gasteiger partial charge in [0.1, 0.15) is 12.0 Å². The standard InChI is InChI=1S/C29H28N4O3/c1-2-24-25-14-13-23(36-18-27-30-15-16-35-27)17-26(25)33(22-7-4-8-22)28(24)19-9-11-21(12-10-19)32-29(34)31-20-5-3-6-20/h1,9-17,20,22H,3-8,18H2,(H2,31,32,34). The first-order valence-corrected chi connectivity index (χ1v) is 12.5. The Morgan fingerprint density at radius 3 is 2.58 bits per heavy atom. The fraction of sp³-hybridized carbons (Fsp3) is 0.310. The average molecular weight is 481 g/mol. The summed E-state index contributed by atoms with van der Waals surface area (Å²) in [7, 11) is 0. The van der Waals surface area contributed by atoms with Gasteiger partial charge in [0.25, 0.3) is 0 Å². The summed E-state index contributed by atoms with van der Waals surface area (Å²) in [5.41, 5.74) is 4.76. The summed E-state index contributed by atoms with van der Waals surface area (Å²) in [6.07, 6.45) is 15.9. The fourth-order valence-electron chi connectivity index (χ4n) is 4.92. The molecule has 36 heavy (non-hydrogen) atoms. The monoisotopic (exact) mass is 480 g/mol. The van der Waals surface area contributed by atoms with Gasteiger partial charge in [0.2, 0.25) is 5.89 Å². The van der Waals surface area contributed by atoms with Gasteiger partial charge in [-0.25, -0.2) is 9.78 Å². The largest absolute Gasteiger partial charge is 0.484 e. The minimum absolute atomic E-state index is 0.155. The van der Waals surface area contributed by atoms with Crippen molar-refractivity contribution in [1.82, 2.24) is 14.9 Å². The van der Waals surface area contributed by atoms with Crippen LogP contribution in [-0.2, 0) is 6.61 Å². The lowest BCUT2D eigenvalue weighted by Gasteiger charge is -2.30. The number of benzene rings is 2. The van der Waals surface area contributed by atoms with Crippen molar-refractivity contribution < 1.29 is 13.9 Å². The highest BCUT2D eigenvalue weighted by molar-refractivity contribution is 5.96. The number of aromatic nitrogens is 2. The van der Waals surface area contributed by atoms with Crippen molar-refractivity contribution in [1.29, 1.82) is 0 Å². The zero-order valence-corrected chi connectivity index (χ0v) is 20.0. The van der Waals surface area contributed by atoms with Gasteiger partial charge in [0.05, 0.1) is 23.0 Å². The summed E-state index contributed by atoms with van der Waals surface area (Å²) in [6, 6.07) is 14.5. The van der Waals surface area contributed by atoms with Gasteiger partial charge in [-0.1, -0.05) is 18.1 Å². The number of nitrogens with zero attached hydrogens (tertiary/aromatic N) is 2. The number of rotatable bonds is 7. The third kappa shape index (κ3) is 4.20. The molecular weight excluding hydrogens is 452 g/mol. The van der Waals surface area contributed by atoms with E-state index in [-0.39, 0.29) is 12.6 Å². The maximum Gasteiger partial charge on any atom is 0.319 e. The number of terminal acetylenes is 1. The Bertz CT molecular complexity index is 1420. The Balaban J connectivity index is 1.32. The number of ether oxygens (including phenoxy) is 1. The van der Waals surface area contributed by atoms with E-state index < -0.39 is 0 Å². The zero-order valence-electron chi connectivity index (χ0n) is 20.0. The van der Waals surface area contributed by atoms with Crippen molar-refractivity contribution in [3.05, 3.63) is 66.4 Å². The molecule has 6 rings (SSSR count). The predicted octanol–water partition coefficient (Wildman–Crippen LogP) is 6.26. The van der Waals surface area contributed by atoms with Crippen LogP contribution in [0.4, 0.5) is 10.5 Å². The summed E-state index contributed by atoms with van der Waals surface area (Å²) in [6.45, 7) is 0.264. The van der Waals surface area contributed by atoms with Crippen molar-refractivity contribution in [2.24, 2.45) is 0 Å². The molecule has 0 bridgehead atoms. The van der Waals surface area contributed by atoms with E-state index in [1.165, 1.54) is 19.1 Å². The van der Waals surface area contributed by atoms with Crippen LogP contribution in [0, 0.1) is 12.3 Å². The molecule has 4 aromatic rings. The Kier molecular flexibility index (Phi) is 5.86. The second-order valence-electron chi connectivity index (χ2n) is 9.52. The number of fused-ring (bicyclic) bond motifs is 1. The van der Waals surface area contributed by atoms with Crippen LogP contribution in [0.25, 0.3) is 22.2 Å². The number of hydrogen-bond acceptors (Lipinski definition) is 4. The molecule has 0 aliphatic heterocycles. The molecule has 7 heteroatoms. The van der Waals surface area contributed by atoms with Gasteiger partial charge >= 0.3 is 6.03 Å². The van der Waals surface area contributed by atoms with E-state index in [1.807, 2.05) is 36.4 Å². The Morgan fingerprint density at radius 2 is 1.94 bits per heavy atom. The van der Waals surface area contributed by atoms with E-state index in [4.69, 9.17) is 15.6 Å². The normalized spacial score (nSPS) is 15.6. The van der Waals surface area contributed by atoms with Crippen LogP contribution < -0.4 is 15.4 Å². The molecule has 0 unspecified atom stereocenters. The fourth-order valence-corrected chi connectivity index (χ4v) is 4.92. The maximum atomic E-state index is 12.3. The molecular formula is C29H28N4O3. The lowest BCUT2D eigenvalue weighted by molar-refractivity contribution is 0.240. The summed E-state index contributed by atoms with van der Waals surface area (Å²) in [5.74, 6) is 4.22. The molecule has 0 radical (unpaired) electrons. The van der Waals surface area contributed by atoms with Crippen LogP contribution in [0.1, 0.15) is 56.0 Å². The van der Waals surface area contributed by atoms with Gasteiger partial charge in [-0.15, -0.1) is 6.42 Å². The van der Waals surface area contributed by atoms with Crippen molar-refractivity contribution in [3.8, 4) is 29.4 Å². The molecule has 0 atom stereocenters. The van der Waals surface area contributed by atoms with Gasteiger partial charge in [-0.05, 0) is 68.4 Å². The van der Waals surface area contributed by atoms with Crippen LogP contribution in [0.5, 0.6) is 5.75 Å². The molecule has 2 amide bonds.